The molecule has 0 saturated carbocycles. The van der Waals surface area contributed by atoms with Gasteiger partial charge in [0.2, 0.25) is 6.41 Å². The number of nitrogens with one attached hydrogen (secondary N) is 2. The Morgan fingerprint density at radius 2 is 1.70 bits per heavy atom. The molecule has 1 aromatic rings. The second kappa shape index (κ2) is 20.4. The number of ether oxygens (including phenoxy) is 1. The summed E-state index contributed by atoms with van der Waals surface area (Å²) in [5.74, 6) is -0.105. The maximum Gasteiger partial charge on any atom is 0.305 e. The van der Waals surface area contributed by atoms with Crippen molar-refractivity contribution in [1.29, 1.82) is 0 Å². The summed E-state index contributed by atoms with van der Waals surface area (Å²) in [5, 5.41) is 5.95. The minimum absolute atomic E-state index is 0.105. The van der Waals surface area contributed by atoms with Gasteiger partial charge < -0.3 is 15.4 Å². The maximum atomic E-state index is 10.3. The average Bonchev–Trinajstić information content (AvgIpc) is 2.73. The standard InChI is InChI=1S/C9H11NO.C6H12O2.C5H11N.C2H6/c1-7-4-3-5-8(2)9(7)10-6-11;1-3-4-5-6(7)8-2;1-2-4-6-5-3-1;1-2/h3-6H,1-2H3,(H,10,11);3-5H2,1-2H3;6H,1-5H2;1-2H3. The quantitative estimate of drug-likeness (QED) is 0.557. The van der Waals surface area contributed by atoms with Crippen LogP contribution in [-0.4, -0.2) is 32.6 Å². The Balaban J connectivity index is 0. The fourth-order valence-corrected chi connectivity index (χ4v) is 2.33. The number of rotatable bonds is 5. The first-order valence-electron chi connectivity index (χ1n) is 10.1. The molecule has 5 nitrogen and oxygen atoms in total. The highest BCUT2D eigenvalue weighted by atomic mass is 16.5. The van der Waals surface area contributed by atoms with Crippen molar-refractivity contribution in [3.05, 3.63) is 29.3 Å². The van der Waals surface area contributed by atoms with E-state index in [9.17, 15) is 9.59 Å². The van der Waals surface area contributed by atoms with Crippen LogP contribution in [0.5, 0.6) is 0 Å². The van der Waals surface area contributed by atoms with Crippen molar-refractivity contribution in [2.75, 3.05) is 25.5 Å². The summed E-state index contributed by atoms with van der Waals surface area (Å²) in [4.78, 5) is 20.5. The van der Waals surface area contributed by atoms with E-state index in [1.807, 2.05) is 52.8 Å². The maximum absolute atomic E-state index is 10.3. The number of carbonyl (C=O) groups excluding carboxylic acids is 2. The molecule has 0 radical (unpaired) electrons. The molecule has 27 heavy (non-hydrogen) atoms. The van der Waals surface area contributed by atoms with E-state index in [-0.39, 0.29) is 5.97 Å². The molecule has 1 amide bonds. The second-order valence-corrected chi connectivity index (χ2v) is 6.02. The lowest BCUT2D eigenvalue weighted by Crippen LogP contribution is -2.21. The Kier molecular flexibility index (Phi) is 20.7. The lowest BCUT2D eigenvalue weighted by molar-refractivity contribution is -0.140. The van der Waals surface area contributed by atoms with Crippen molar-refractivity contribution in [1.82, 2.24) is 5.32 Å². The Morgan fingerprint density at radius 1 is 1.15 bits per heavy atom. The lowest BCUT2D eigenvalue weighted by atomic mass is 10.1. The van der Waals surface area contributed by atoms with Crippen LogP contribution in [0.2, 0.25) is 0 Å². The van der Waals surface area contributed by atoms with Crippen LogP contribution >= 0.6 is 0 Å². The summed E-state index contributed by atoms with van der Waals surface area (Å²) < 4.78 is 4.41. The molecule has 2 N–H and O–H groups in total. The molecule has 1 saturated heterocycles. The molecule has 0 spiro atoms. The van der Waals surface area contributed by atoms with E-state index < -0.39 is 0 Å². The van der Waals surface area contributed by atoms with E-state index in [2.05, 4.69) is 15.4 Å². The molecule has 2 rings (SSSR count). The van der Waals surface area contributed by atoms with Gasteiger partial charge in [-0.2, -0.15) is 0 Å². The van der Waals surface area contributed by atoms with Gasteiger partial charge in [-0.25, -0.2) is 0 Å². The monoisotopic (exact) mass is 380 g/mol. The van der Waals surface area contributed by atoms with Crippen LogP contribution in [0.15, 0.2) is 18.2 Å². The molecule has 1 heterocycles. The third-order valence-corrected chi connectivity index (χ3v) is 3.85. The number of amides is 1. The van der Waals surface area contributed by atoms with E-state index in [0.717, 1.165) is 29.7 Å². The van der Waals surface area contributed by atoms with Gasteiger partial charge >= 0.3 is 5.97 Å². The van der Waals surface area contributed by atoms with Crippen LogP contribution in [0.4, 0.5) is 5.69 Å². The predicted molar refractivity (Wildman–Crippen MR) is 115 cm³/mol. The normalized spacial score (nSPS) is 11.9. The largest absolute Gasteiger partial charge is 0.469 e. The highest BCUT2D eigenvalue weighted by Crippen LogP contribution is 2.17. The first-order valence-corrected chi connectivity index (χ1v) is 10.1. The molecular formula is C22H40N2O3. The molecule has 0 unspecified atom stereocenters. The van der Waals surface area contributed by atoms with Crippen LogP contribution in [0.1, 0.15) is 70.4 Å². The summed E-state index contributed by atoms with van der Waals surface area (Å²) in [5.41, 5.74) is 3.11. The Hall–Kier alpha value is -1.88. The molecule has 0 aliphatic carbocycles. The van der Waals surface area contributed by atoms with Crippen molar-refractivity contribution in [3.8, 4) is 0 Å². The molecule has 1 aliphatic heterocycles. The zero-order valence-corrected chi connectivity index (χ0v) is 18.2. The number of esters is 1. The molecule has 0 aromatic heterocycles. The van der Waals surface area contributed by atoms with Gasteiger partial charge in [-0.1, -0.05) is 51.8 Å². The van der Waals surface area contributed by atoms with E-state index in [4.69, 9.17) is 0 Å². The smallest absolute Gasteiger partial charge is 0.305 e. The number of piperidine rings is 1. The number of unbranched alkanes of at least 4 members (excludes halogenated alkanes) is 1. The summed E-state index contributed by atoms with van der Waals surface area (Å²) in [6, 6.07) is 5.91. The Labute approximate surface area is 166 Å². The minimum atomic E-state index is -0.105. The van der Waals surface area contributed by atoms with Crippen LogP contribution in [0.25, 0.3) is 0 Å². The first kappa shape index (κ1) is 27.3. The van der Waals surface area contributed by atoms with Gasteiger partial charge in [0, 0.05) is 12.1 Å². The zero-order chi connectivity index (χ0) is 20.9. The summed E-state index contributed by atoms with van der Waals surface area (Å²) >= 11 is 0. The number of carbonyl (C=O) groups is 2. The van der Waals surface area contributed by atoms with Crippen molar-refractivity contribution in [3.63, 3.8) is 0 Å². The first-order chi connectivity index (χ1) is 13.1. The molecule has 1 aliphatic rings. The number of hydrogen-bond donors (Lipinski definition) is 2. The van der Waals surface area contributed by atoms with Crippen LogP contribution in [-0.2, 0) is 14.3 Å². The highest BCUT2D eigenvalue weighted by molar-refractivity contribution is 5.75. The van der Waals surface area contributed by atoms with Crippen LogP contribution in [0, 0.1) is 13.8 Å². The SMILES string of the molecule is C1CCNCC1.CC.CCCCC(=O)OC.Cc1cccc(C)c1NC=O. The molecule has 1 fully saturated rings. The van der Waals surface area contributed by atoms with Gasteiger partial charge in [-0.15, -0.1) is 0 Å². The van der Waals surface area contributed by atoms with Gasteiger partial charge in [-0.3, -0.25) is 9.59 Å². The van der Waals surface area contributed by atoms with E-state index >= 15 is 0 Å². The molecular weight excluding hydrogens is 340 g/mol. The summed E-state index contributed by atoms with van der Waals surface area (Å²) in [6.45, 7) is 12.5. The highest BCUT2D eigenvalue weighted by Gasteiger charge is 1.98. The number of aryl methyl sites for hydroxylation is 2. The topological polar surface area (TPSA) is 67.4 Å². The average molecular weight is 381 g/mol. The number of para-hydroxylation sites is 1. The van der Waals surface area contributed by atoms with E-state index in [1.165, 1.54) is 39.5 Å². The number of hydrogen-bond acceptors (Lipinski definition) is 4. The number of benzene rings is 1. The van der Waals surface area contributed by atoms with E-state index in [0.29, 0.717) is 12.8 Å². The number of anilines is 1. The van der Waals surface area contributed by atoms with Gasteiger partial charge in [0.15, 0.2) is 0 Å². The zero-order valence-electron chi connectivity index (χ0n) is 18.2. The van der Waals surface area contributed by atoms with Crippen molar-refractivity contribution in [2.45, 2.75) is 73.1 Å². The van der Waals surface area contributed by atoms with Crippen LogP contribution in [0.3, 0.4) is 0 Å². The van der Waals surface area contributed by atoms with Crippen molar-refractivity contribution >= 4 is 18.1 Å². The third kappa shape index (κ3) is 16.0. The van der Waals surface area contributed by atoms with Crippen molar-refractivity contribution in [2.24, 2.45) is 0 Å². The predicted octanol–water partition coefficient (Wildman–Crippen LogP) is 5.01. The Morgan fingerprint density at radius 3 is 2.04 bits per heavy atom. The summed E-state index contributed by atoms with van der Waals surface area (Å²) in [7, 11) is 1.41. The van der Waals surface area contributed by atoms with Gasteiger partial charge in [0.25, 0.3) is 0 Å². The molecule has 156 valence electrons. The van der Waals surface area contributed by atoms with Gasteiger partial charge in [-0.05, 0) is 57.3 Å². The molecule has 5 heteroatoms. The summed E-state index contributed by atoms with van der Waals surface area (Å²) in [6.07, 6.45) is 7.47. The van der Waals surface area contributed by atoms with Crippen LogP contribution < -0.4 is 10.6 Å². The van der Waals surface area contributed by atoms with Crippen molar-refractivity contribution < 1.29 is 14.3 Å². The molecule has 1 aromatic carbocycles. The lowest BCUT2D eigenvalue weighted by Gasteiger charge is -2.08. The molecule has 0 atom stereocenters. The van der Waals surface area contributed by atoms with Gasteiger partial charge in [0.1, 0.15) is 0 Å². The fourth-order valence-electron chi connectivity index (χ4n) is 2.33. The second-order valence-electron chi connectivity index (χ2n) is 6.02. The van der Waals surface area contributed by atoms with Gasteiger partial charge in [0.05, 0.1) is 7.11 Å². The molecule has 0 bridgehead atoms. The fraction of sp³-hybridized carbons (Fsp3) is 0.636. The third-order valence-electron chi connectivity index (χ3n) is 3.85. The Bertz CT molecular complexity index is 455. The number of methoxy groups -OCH3 is 1. The van der Waals surface area contributed by atoms with E-state index in [1.54, 1.807) is 0 Å². The minimum Gasteiger partial charge on any atom is -0.469 e.